The smallest absolute Gasteiger partial charge is 0.408 e. The molecule has 0 fully saturated rings. The average Bonchev–Trinajstić information content (AvgIpc) is 3.04. The molecular weight excluding hydrogens is 550 g/mol. The molecule has 0 radical (unpaired) electrons. The Morgan fingerprint density at radius 3 is 1.88 bits per heavy atom. The van der Waals surface area contributed by atoms with Gasteiger partial charge in [-0.15, -0.1) is 0 Å². The normalized spacial score (nSPS) is 11.0. The van der Waals surface area contributed by atoms with Crippen molar-refractivity contribution >= 4 is 35.3 Å². The molecule has 0 saturated carbocycles. The number of amides is 3. The summed E-state index contributed by atoms with van der Waals surface area (Å²) in [6, 6.07) is 30.3. The summed E-state index contributed by atoms with van der Waals surface area (Å²) < 4.78 is 15.6. The van der Waals surface area contributed by atoms with Gasteiger partial charge >= 0.3 is 12.1 Å². The summed E-state index contributed by atoms with van der Waals surface area (Å²) >= 11 is 0. The number of anilines is 2. The molecule has 0 aromatic heterocycles. The second-order valence-corrected chi connectivity index (χ2v) is 9.36. The van der Waals surface area contributed by atoms with Gasteiger partial charge in [0.1, 0.15) is 18.4 Å². The molecule has 0 spiro atoms. The van der Waals surface area contributed by atoms with Gasteiger partial charge in [0, 0.05) is 23.4 Å². The van der Waals surface area contributed by atoms with E-state index in [1.165, 1.54) is 0 Å². The van der Waals surface area contributed by atoms with Crippen molar-refractivity contribution in [3.05, 3.63) is 126 Å². The van der Waals surface area contributed by atoms with Crippen LogP contribution in [0.25, 0.3) is 0 Å². The number of esters is 1. The zero-order valence-corrected chi connectivity index (χ0v) is 23.4. The highest BCUT2D eigenvalue weighted by Gasteiger charge is 2.24. The van der Waals surface area contributed by atoms with Crippen LogP contribution in [-0.4, -0.2) is 43.6 Å². The van der Waals surface area contributed by atoms with E-state index in [1.807, 2.05) is 60.7 Å². The van der Waals surface area contributed by atoms with E-state index in [0.717, 1.165) is 11.1 Å². The van der Waals surface area contributed by atoms with Crippen LogP contribution in [0.3, 0.4) is 0 Å². The van der Waals surface area contributed by atoms with Crippen LogP contribution in [0, 0.1) is 0 Å². The van der Waals surface area contributed by atoms with Gasteiger partial charge < -0.3 is 30.2 Å². The van der Waals surface area contributed by atoms with Gasteiger partial charge in [0.05, 0.1) is 7.11 Å². The Balaban J connectivity index is 1.28. The predicted molar refractivity (Wildman–Crippen MR) is 161 cm³/mol. The van der Waals surface area contributed by atoms with E-state index in [2.05, 4.69) is 16.0 Å². The number of nitrogens with one attached hydrogen (secondary N) is 3. The summed E-state index contributed by atoms with van der Waals surface area (Å²) in [4.78, 5) is 50.4. The van der Waals surface area contributed by atoms with Crippen LogP contribution in [0.4, 0.5) is 16.2 Å². The Morgan fingerprint density at radius 1 is 0.674 bits per heavy atom. The Bertz CT molecular complexity index is 1510. The molecular formula is C33H31N3O7. The SMILES string of the molecule is COc1ccc(NC(=O)c2ccc(NC(=O)COC(=O)[C@H](Cc3ccccc3)NC(=O)OCc3ccccc3)cc2)cc1. The summed E-state index contributed by atoms with van der Waals surface area (Å²) in [5.74, 6) is -1.03. The van der Waals surface area contributed by atoms with Crippen molar-refractivity contribution in [2.45, 2.75) is 19.1 Å². The maximum Gasteiger partial charge on any atom is 0.408 e. The molecule has 3 N–H and O–H groups in total. The lowest BCUT2D eigenvalue weighted by atomic mass is 10.1. The fourth-order valence-electron chi connectivity index (χ4n) is 3.97. The third kappa shape index (κ3) is 9.75. The molecule has 0 bridgehead atoms. The van der Waals surface area contributed by atoms with E-state index in [4.69, 9.17) is 14.2 Å². The number of carbonyl (C=O) groups excluding carboxylic acids is 4. The first-order valence-electron chi connectivity index (χ1n) is 13.4. The first kappa shape index (κ1) is 30.3. The third-order valence-electron chi connectivity index (χ3n) is 6.20. The number of benzene rings is 4. The van der Waals surface area contributed by atoms with Gasteiger partial charge in [0.2, 0.25) is 0 Å². The highest BCUT2D eigenvalue weighted by atomic mass is 16.6. The molecule has 10 nitrogen and oxygen atoms in total. The quantitative estimate of drug-likeness (QED) is 0.201. The molecule has 4 aromatic rings. The fraction of sp³-hybridized carbons (Fsp3) is 0.152. The number of ether oxygens (including phenoxy) is 3. The maximum absolute atomic E-state index is 12.9. The van der Waals surface area contributed by atoms with Crippen LogP contribution in [0.2, 0.25) is 0 Å². The largest absolute Gasteiger partial charge is 0.497 e. The molecule has 220 valence electrons. The number of hydrogen-bond donors (Lipinski definition) is 3. The van der Waals surface area contributed by atoms with Crippen molar-refractivity contribution in [3.63, 3.8) is 0 Å². The van der Waals surface area contributed by atoms with Gasteiger partial charge in [-0.3, -0.25) is 9.59 Å². The van der Waals surface area contributed by atoms with Crippen molar-refractivity contribution in [2.24, 2.45) is 0 Å². The highest BCUT2D eigenvalue weighted by molar-refractivity contribution is 6.04. The van der Waals surface area contributed by atoms with Crippen LogP contribution >= 0.6 is 0 Å². The van der Waals surface area contributed by atoms with Crippen molar-refractivity contribution in [1.82, 2.24) is 5.32 Å². The predicted octanol–water partition coefficient (Wildman–Crippen LogP) is 4.97. The Morgan fingerprint density at radius 2 is 1.26 bits per heavy atom. The molecule has 4 aromatic carbocycles. The van der Waals surface area contributed by atoms with Crippen molar-refractivity contribution < 1.29 is 33.4 Å². The van der Waals surface area contributed by atoms with Crippen LogP contribution in [0.15, 0.2) is 109 Å². The molecule has 10 heteroatoms. The van der Waals surface area contributed by atoms with Crippen LogP contribution in [-0.2, 0) is 32.1 Å². The molecule has 0 aliphatic rings. The van der Waals surface area contributed by atoms with E-state index in [1.54, 1.807) is 55.6 Å². The van der Waals surface area contributed by atoms with Crippen LogP contribution < -0.4 is 20.7 Å². The van der Waals surface area contributed by atoms with E-state index in [0.29, 0.717) is 22.7 Å². The second kappa shape index (κ2) is 15.4. The summed E-state index contributed by atoms with van der Waals surface area (Å²) in [5.41, 5.74) is 2.98. The van der Waals surface area contributed by atoms with E-state index in [9.17, 15) is 19.2 Å². The Labute approximate surface area is 249 Å². The lowest BCUT2D eigenvalue weighted by Gasteiger charge is -2.18. The monoisotopic (exact) mass is 581 g/mol. The van der Waals surface area contributed by atoms with Gasteiger partial charge in [0.25, 0.3) is 11.8 Å². The standard InChI is InChI=1S/C33H31N3O7/c1-41-28-18-16-27(17-19-28)35-31(38)25-12-14-26(15-13-25)34-30(37)22-42-32(39)29(20-23-8-4-2-5-9-23)36-33(40)43-21-24-10-6-3-7-11-24/h2-19,29H,20-22H2,1H3,(H,34,37)(H,35,38)(H,36,40)/t29-/m0/s1. The minimum atomic E-state index is -1.08. The number of alkyl carbamates (subject to hydrolysis) is 1. The van der Waals surface area contributed by atoms with Gasteiger partial charge in [-0.05, 0) is 59.7 Å². The minimum absolute atomic E-state index is 0.0319. The summed E-state index contributed by atoms with van der Waals surface area (Å²) in [6.07, 6.45) is -0.649. The first-order valence-corrected chi connectivity index (χ1v) is 13.4. The summed E-state index contributed by atoms with van der Waals surface area (Å²) in [6.45, 7) is -0.547. The zero-order valence-electron chi connectivity index (χ0n) is 23.4. The molecule has 43 heavy (non-hydrogen) atoms. The van der Waals surface area contributed by atoms with Gasteiger partial charge in [-0.25, -0.2) is 9.59 Å². The van der Waals surface area contributed by atoms with Crippen LogP contribution in [0.1, 0.15) is 21.5 Å². The molecule has 0 aliphatic heterocycles. The Kier molecular flexibility index (Phi) is 10.8. The van der Waals surface area contributed by atoms with E-state index in [-0.39, 0.29) is 18.9 Å². The van der Waals surface area contributed by atoms with Gasteiger partial charge in [-0.2, -0.15) is 0 Å². The van der Waals surface area contributed by atoms with Crippen molar-refractivity contribution in [1.29, 1.82) is 0 Å². The number of hydrogen-bond acceptors (Lipinski definition) is 7. The van der Waals surface area contributed by atoms with Gasteiger partial charge in [-0.1, -0.05) is 60.7 Å². The highest BCUT2D eigenvalue weighted by Crippen LogP contribution is 2.17. The van der Waals surface area contributed by atoms with E-state index >= 15 is 0 Å². The first-order chi connectivity index (χ1) is 20.9. The molecule has 0 aliphatic carbocycles. The fourth-order valence-corrected chi connectivity index (χ4v) is 3.97. The third-order valence-corrected chi connectivity index (χ3v) is 6.20. The number of methoxy groups -OCH3 is 1. The number of carbonyl (C=O) groups is 4. The van der Waals surface area contributed by atoms with Crippen molar-refractivity contribution in [3.8, 4) is 5.75 Å². The molecule has 0 saturated heterocycles. The summed E-state index contributed by atoms with van der Waals surface area (Å²) in [5, 5.41) is 7.94. The molecule has 1 atom stereocenters. The minimum Gasteiger partial charge on any atom is -0.497 e. The molecule has 3 amide bonds. The Hall–Kier alpha value is -5.64. The lowest BCUT2D eigenvalue weighted by molar-refractivity contribution is -0.149. The van der Waals surface area contributed by atoms with Crippen LogP contribution in [0.5, 0.6) is 5.75 Å². The molecule has 0 heterocycles. The average molecular weight is 582 g/mol. The van der Waals surface area contributed by atoms with E-state index < -0.39 is 30.6 Å². The topological polar surface area (TPSA) is 132 Å². The van der Waals surface area contributed by atoms with Crippen molar-refractivity contribution in [2.75, 3.05) is 24.4 Å². The molecule has 4 rings (SSSR count). The lowest BCUT2D eigenvalue weighted by Crippen LogP contribution is -2.44. The number of rotatable bonds is 12. The maximum atomic E-state index is 12.9. The molecule has 0 unspecified atom stereocenters. The second-order valence-electron chi connectivity index (χ2n) is 9.36. The summed E-state index contributed by atoms with van der Waals surface area (Å²) in [7, 11) is 1.56. The van der Waals surface area contributed by atoms with Gasteiger partial charge in [0.15, 0.2) is 6.61 Å². The zero-order chi connectivity index (χ0) is 30.4.